The van der Waals surface area contributed by atoms with Gasteiger partial charge in [0.15, 0.2) is 0 Å². The smallest absolute Gasteiger partial charge is 0.0402 e. The second kappa shape index (κ2) is 11.0. The van der Waals surface area contributed by atoms with Crippen LogP contribution in [0.2, 0.25) is 0 Å². The molecule has 1 aromatic heterocycles. The van der Waals surface area contributed by atoms with Crippen molar-refractivity contribution in [2.45, 2.75) is 19.3 Å². The second-order valence-corrected chi connectivity index (χ2v) is 15.9. The summed E-state index contributed by atoms with van der Waals surface area (Å²) in [6, 6.07) is 63.3. The molecule has 11 rings (SSSR count). The molecule has 0 N–H and O–H groups in total. The van der Waals surface area contributed by atoms with Gasteiger partial charge in [0.05, 0.1) is 0 Å². The molecule has 0 atom stereocenters. The fourth-order valence-corrected chi connectivity index (χ4v) is 10.7. The highest BCUT2D eigenvalue weighted by molar-refractivity contribution is 7.26. The van der Waals surface area contributed by atoms with Gasteiger partial charge in [-0.3, -0.25) is 0 Å². The predicted molar refractivity (Wildman–Crippen MR) is 226 cm³/mol. The summed E-state index contributed by atoms with van der Waals surface area (Å²) in [6.07, 6.45) is 0. The molecule has 0 amide bonds. The second-order valence-electron chi connectivity index (χ2n) is 14.8. The van der Waals surface area contributed by atoms with Gasteiger partial charge in [-0.15, -0.1) is 11.3 Å². The van der Waals surface area contributed by atoms with Gasteiger partial charge < -0.3 is 0 Å². The van der Waals surface area contributed by atoms with Crippen LogP contribution >= 0.6 is 11.3 Å². The molecule has 10 aromatic rings. The summed E-state index contributed by atoms with van der Waals surface area (Å²) in [5.41, 5.74) is 13.2. The van der Waals surface area contributed by atoms with Crippen molar-refractivity contribution in [2.75, 3.05) is 0 Å². The highest BCUT2D eigenvalue weighted by Gasteiger charge is 2.37. The number of thiophene rings is 1. The quantitative estimate of drug-likeness (QED) is 0.163. The Hall–Kier alpha value is -6.02. The molecule has 0 spiro atoms. The van der Waals surface area contributed by atoms with Gasteiger partial charge in [0.2, 0.25) is 0 Å². The summed E-state index contributed by atoms with van der Waals surface area (Å²) in [4.78, 5) is 0. The van der Waals surface area contributed by atoms with Gasteiger partial charge in [-0.25, -0.2) is 0 Å². The van der Waals surface area contributed by atoms with E-state index in [2.05, 4.69) is 184 Å². The van der Waals surface area contributed by atoms with Gasteiger partial charge in [0, 0.05) is 25.6 Å². The van der Waals surface area contributed by atoms with Crippen molar-refractivity contribution in [3.05, 3.63) is 181 Å². The number of fused-ring (bicyclic) bond motifs is 10. The molecule has 0 fully saturated rings. The Labute approximate surface area is 307 Å². The van der Waals surface area contributed by atoms with E-state index >= 15 is 0 Å². The monoisotopic (exact) mass is 678 g/mol. The van der Waals surface area contributed by atoms with E-state index in [9.17, 15) is 0 Å². The molecule has 1 aliphatic carbocycles. The molecule has 1 heteroatoms. The summed E-state index contributed by atoms with van der Waals surface area (Å²) >= 11 is 1.96. The first-order valence-corrected chi connectivity index (χ1v) is 19.0. The standard InChI is InChI=1S/C51H34S/c1-51(2)45-22-11-10-17-37(45)42-25-26-43-44-29-34-24-23-33(28-36(34)30-46(44)52-50(43)49(42)51)32-15-12-16-35(27-32)48-40-20-8-6-18-38(40)47(31-13-4-3-5-14-31)39-19-7-9-21-41(39)48/h3-30H,1-2H3. The first-order valence-electron chi connectivity index (χ1n) is 18.2. The maximum atomic E-state index is 2.42. The Kier molecular flexibility index (Phi) is 6.27. The van der Waals surface area contributed by atoms with E-state index < -0.39 is 0 Å². The minimum Gasteiger partial charge on any atom is -0.135 e. The molecule has 52 heavy (non-hydrogen) atoms. The topological polar surface area (TPSA) is 0 Å². The van der Waals surface area contributed by atoms with Crippen LogP contribution in [0.1, 0.15) is 25.0 Å². The SMILES string of the molecule is CC1(C)c2ccccc2-c2ccc3c(sc4cc5cc(-c6cccc(-c7c8ccccc8c(-c8ccccc8)c8ccccc78)c6)ccc5cc43)c21. The van der Waals surface area contributed by atoms with Crippen molar-refractivity contribution in [1.29, 1.82) is 0 Å². The molecule has 1 aliphatic rings. The molecular formula is C51H34S. The zero-order chi connectivity index (χ0) is 34.6. The number of rotatable bonds is 3. The van der Waals surface area contributed by atoms with E-state index in [-0.39, 0.29) is 5.41 Å². The summed E-state index contributed by atoms with van der Waals surface area (Å²) in [6.45, 7) is 4.78. The van der Waals surface area contributed by atoms with Crippen LogP contribution in [0.15, 0.2) is 170 Å². The van der Waals surface area contributed by atoms with E-state index in [1.54, 1.807) is 0 Å². The van der Waals surface area contributed by atoms with Crippen molar-refractivity contribution in [3.8, 4) is 44.5 Å². The molecule has 9 aromatic carbocycles. The van der Waals surface area contributed by atoms with Crippen molar-refractivity contribution in [1.82, 2.24) is 0 Å². The minimum absolute atomic E-state index is 0.0254. The summed E-state index contributed by atoms with van der Waals surface area (Å²) in [5, 5.41) is 10.4. The minimum atomic E-state index is -0.0254. The molecule has 0 bridgehead atoms. The first-order chi connectivity index (χ1) is 25.5. The highest BCUT2D eigenvalue weighted by atomic mass is 32.1. The van der Waals surface area contributed by atoms with Crippen LogP contribution in [-0.2, 0) is 5.41 Å². The van der Waals surface area contributed by atoms with Crippen LogP contribution in [0.4, 0.5) is 0 Å². The van der Waals surface area contributed by atoms with Crippen molar-refractivity contribution >= 4 is 63.8 Å². The zero-order valence-corrected chi connectivity index (χ0v) is 29.9. The Bertz CT molecular complexity index is 3030. The van der Waals surface area contributed by atoms with Gasteiger partial charge in [0.25, 0.3) is 0 Å². The third kappa shape index (κ3) is 4.21. The average Bonchev–Trinajstić information content (AvgIpc) is 3.66. The van der Waals surface area contributed by atoms with Crippen molar-refractivity contribution < 1.29 is 0 Å². The maximum absolute atomic E-state index is 2.42. The highest BCUT2D eigenvalue weighted by Crippen LogP contribution is 2.54. The lowest BCUT2D eigenvalue weighted by Crippen LogP contribution is -2.14. The lowest BCUT2D eigenvalue weighted by molar-refractivity contribution is 0.667. The lowest BCUT2D eigenvalue weighted by Gasteiger charge is -2.22. The number of benzene rings is 9. The Morgan fingerprint density at radius 2 is 1.00 bits per heavy atom. The first kappa shape index (κ1) is 29.7. The van der Waals surface area contributed by atoms with Crippen molar-refractivity contribution in [3.63, 3.8) is 0 Å². The van der Waals surface area contributed by atoms with Crippen LogP contribution in [0, 0.1) is 0 Å². The Balaban J connectivity index is 1.07. The van der Waals surface area contributed by atoms with Gasteiger partial charge >= 0.3 is 0 Å². The molecule has 0 saturated carbocycles. The normalized spacial score (nSPS) is 13.3. The predicted octanol–water partition coefficient (Wildman–Crippen LogP) is 14.8. The fraction of sp³-hybridized carbons (Fsp3) is 0.0588. The summed E-state index contributed by atoms with van der Waals surface area (Å²) in [7, 11) is 0. The van der Waals surface area contributed by atoms with E-state index in [0.29, 0.717) is 0 Å². The largest absolute Gasteiger partial charge is 0.135 e. The Morgan fingerprint density at radius 3 is 1.75 bits per heavy atom. The number of hydrogen-bond donors (Lipinski definition) is 0. The third-order valence-electron chi connectivity index (χ3n) is 11.6. The molecule has 0 aliphatic heterocycles. The van der Waals surface area contributed by atoms with E-state index in [4.69, 9.17) is 0 Å². The van der Waals surface area contributed by atoms with Gasteiger partial charge in [-0.2, -0.15) is 0 Å². The van der Waals surface area contributed by atoms with Crippen molar-refractivity contribution in [2.24, 2.45) is 0 Å². The molecule has 0 nitrogen and oxygen atoms in total. The lowest BCUT2D eigenvalue weighted by atomic mass is 9.82. The molecular weight excluding hydrogens is 645 g/mol. The van der Waals surface area contributed by atoms with Gasteiger partial charge in [-0.1, -0.05) is 159 Å². The van der Waals surface area contributed by atoms with E-state index in [1.807, 2.05) is 11.3 Å². The molecule has 244 valence electrons. The summed E-state index contributed by atoms with van der Waals surface area (Å²) in [5.74, 6) is 0. The van der Waals surface area contributed by atoms with E-state index in [0.717, 1.165) is 0 Å². The molecule has 1 heterocycles. The van der Waals surface area contributed by atoms with Crippen LogP contribution in [0.3, 0.4) is 0 Å². The Morgan fingerprint density at radius 1 is 0.385 bits per heavy atom. The van der Waals surface area contributed by atoms with Gasteiger partial charge in [-0.05, 0) is 112 Å². The molecule has 0 unspecified atom stereocenters. The van der Waals surface area contributed by atoms with E-state index in [1.165, 1.54) is 108 Å². The zero-order valence-electron chi connectivity index (χ0n) is 29.1. The molecule has 0 radical (unpaired) electrons. The average molecular weight is 679 g/mol. The number of hydrogen-bond acceptors (Lipinski definition) is 1. The third-order valence-corrected chi connectivity index (χ3v) is 12.8. The van der Waals surface area contributed by atoms with Crippen LogP contribution in [-0.4, -0.2) is 0 Å². The maximum Gasteiger partial charge on any atom is 0.0402 e. The molecule has 0 saturated heterocycles. The van der Waals surface area contributed by atoms with Gasteiger partial charge in [0.1, 0.15) is 0 Å². The summed E-state index contributed by atoms with van der Waals surface area (Å²) < 4.78 is 2.78. The van der Waals surface area contributed by atoms with Crippen LogP contribution < -0.4 is 0 Å². The van der Waals surface area contributed by atoms with Crippen LogP contribution in [0.25, 0.3) is 97.0 Å². The van der Waals surface area contributed by atoms with Crippen LogP contribution in [0.5, 0.6) is 0 Å². The fourth-order valence-electron chi connectivity index (χ4n) is 9.21.